The molecule has 1 aromatic rings. The summed E-state index contributed by atoms with van der Waals surface area (Å²) >= 11 is 0. The van der Waals surface area contributed by atoms with Crippen LogP contribution in [-0.4, -0.2) is 69.3 Å². The highest BCUT2D eigenvalue weighted by molar-refractivity contribution is 5.94. The first-order valence-corrected chi connectivity index (χ1v) is 10.2. The van der Waals surface area contributed by atoms with Crippen LogP contribution in [0.5, 0.6) is 5.75 Å². The molecule has 0 saturated carbocycles. The van der Waals surface area contributed by atoms with E-state index in [2.05, 4.69) is 16.0 Å². The van der Waals surface area contributed by atoms with E-state index in [4.69, 9.17) is 5.73 Å². The van der Waals surface area contributed by atoms with Crippen molar-refractivity contribution in [3.05, 3.63) is 29.8 Å². The SMILES string of the molecule is CC(N)C(=O)NC(C(=O)NC(Cc1ccc(O)cc1)C(=O)NC(C(=O)O)C(C)O)C(C)C. The maximum absolute atomic E-state index is 12.9. The minimum Gasteiger partial charge on any atom is -0.508 e. The summed E-state index contributed by atoms with van der Waals surface area (Å²) in [4.78, 5) is 49.1. The largest absolute Gasteiger partial charge is 0.508 e. The van der Waals surface area contributed by atoms with Crippen LogP contribution >= 0.6 is 0 Å². The summed E-state index contributed by atoms with van der Waals surface area (Å²) < 4.78 is 0. The molecule has 0 aliphatic rings. The van der Waals surface area contributed by atoms with Crippen molar-refractivity contribution in [3.8, 4) is 5.75 Å². The van der Waals surface area contributed by atoms with Crippen molar-refractivity contribution in [1.29, 1.82) is 0 Å². The van der Waals surface area contributed by atoms with Gasteiger partial charge in [0.2, 0.25) is 17.7 Å². The predicted molar refractivity (Wildman–Crippen MR) is 115 cm³/mol. The lowest BCUT2D eigenvalue weighted by Crippen LogP contribution is -2.59. The predicted octanol–water partition coefficient (Wildman–Crippen LogP) is -1.14. The first kappa shape index (κ1) is 26.9. The zero-order valence-corrected chi connectivity index (χ0v) is 18.5. The van der Waals surface area contributed by atoms with Crippen molar-refractivity contribution in [2.45, 2.75) is 64.4 Å². The van der Waals surface area contributed by atoms with Gasteiger partial charge in [0.05, 0.1) is 12.1 Å². The molecule has 1 rings (SSSR count). The third-order valence-electron chi connectivity index (χ3n) is 4.72. The van der Waals surface area contributed by atoms with Crippen LogP contribution in [0, 0.1) is 5.92 Å². The van der Waals surface area contributed by atoms with Crippen LogP contribution in [0.4, 0.5) is 0 Å². The van der Waals surface area contributed by atoms with Gasteiger partial charge in [0.25, 0.3) is 0 Å². The maximum Gasteiger partial charge on any atom is 0.328 e. The van der Waals surface area contributed by atoms with Crippen LogP contribution in [0.15, 0.2) is 24.3 Å². The standard InChI is InChI=1S/C21H32N4O7/c1-10(2)16(24-18(28)11(3)22)20(30)23-15(9-13-5-7-14(27)8-6-13)19(29)25-17(12(4)26)21(31)32/h5-8,10-12,15-17,26-27H,9,22H2,1-4H3,(H,23,30)(H,24,28)(H,25,29)(H,31,32). The zero-order valence-electron chi connectivity index (χ0n) is 18.5. The lowest BCUT2D eigenvalue weighted by Gasteiger charge is -2.27. The normalized spacial score (nSPS) is 15.7. The van der Waals surface area contributed by atoms with Crippen molar-refractivity contribution >= 4 is 23.7 Å². The molecule has 5 unspecified atom stereocenters. The van der Waals surface area contributed by atoms with Gasteiger partial charge >= 0.3 is 5.97 Å². The van der Waals surface area contributed by atoms with Gasteiger partial charge in [-0.1, -0.05) is 26.0 Å². The summed E-state index contributed by atoms with van der Waals surface area (Å²) in [5.41, 5.74) is 6.13. The van der Waals surface area contributed by atoms with Crippen molar-refractivity contribution in [1.82, 2.24) is 16.0 Å². The second-order valence-corrected chi connectivity index (χ2v) is 8.02. The van der Waals surface area contributed by atoms with Crippen LogP contribution in [0.3, 0.4) is 0 Å². The van der Waals surface area contributed by atoms with Crippen LogP contribution in [0.1, 0.15) is 33.3 Å². The fourth-order valence-corrected chi connectivity index (χ4v) is 2.80. The number of aliphatic hydroxyl groups is 1. The summed E-state index contributed by atoms with van der Waals surface area (Å²) in [6, 6.07) is 1.26. The maximum atomic E-state index is 12.9. The monoisotopic (exact) mass is 452 g/mol. The van der Waals surface area contributed by atoms with E-state index in [1.54, 1.807) is 26.0 Å². The van der Waals surface area contributed by atoms with Gasteiger partial charge in [0.1, 0.15) is 17.8 Å². The highest BCUT2D eigenvalue weighted by Crippen LogP contribution is 2.12. The Hall–Kier alpha value is -3.18. The molecule has 11 heteroatoms. The highest BCUT2D eigenvalue weighted by atomic mass is 16.4. The number of nitrogens with one attached hydrogen (secondary N) is 3. The summed E-state index contributed by atoms with van der Waals surface area (Å²) in [6.07, 6.45) is -1.41. The number of carboxylic acids is 1. The Balaban J connectivity index is 3.13. The highest BCUT2D eigenvalue weighted by Gasteiger charge is 2.32. The second-order valence-electron chi connectivity index (χ2n) is 8.02. The quantitative estimate of drug-likeness (QED) is 0.219. The average molecular weight is 453 g/mol. The molecule has 0 aromatic heterocycles. The number of amides is 3. The smallest absolute Gasteiger partial charge is 0.328 e. The molecule has 178 valence electrons. The Morgan fingerprint density at radius 2 is 1.41 bits per heavy atom. The summed E-state index contributed by atoms with van der Waals surface area (Å²) in [7, 11) is 0. The Kier molecular flexibility index (Phi) is 10.1. The molecule has 8 N–H and O–H groups in total. The molecule has 0 spiro atoms. The van der Waals surface area contributed by atoms with Gasteiger partial charge in [-0.05, 0) is 37.5 Å². The zero-order chi connectivity index (χ0) is 24.6. The number of aromatic hydroxyl groups is 1. The van der Waals surface area contributed by atoms with Crippen molar-refractivity contribution in [2.75, 3.05) is 0 Å². The Bertz CT molecular complexity index is 809. The average Bonchev–Trinajstić information content (AvgIpc) is 2.69. The molecule has 0 bridgehead atoms. The third-order valence-corrected chi connectivity index (χ3v) is 4.72. The van der Waals surface area contributed by atoms with Crippen molar-refractivity contribution < 1.29 is 34.5 Å². The topological polar surface area (TPSA) is 191 Å². The van der Waals surface area contributed by atoms with Gasteiger partial charge in [-0.15, -0.1) is 0 Å². The fraction of sp³-hybridized carbons (Fsp3) is 0.524. The number of carbonyl (C=O) groups excluding carboxylic acids is 3. The number of benzene rings is 1. The molecule has 0 heterocycles. The molecule has 1 aromatic carbocycles. The van der Waals surface area contributed by atoms with Gasteiger partial charge in [0, 0.05) is 6.42 Å². The molecular weight excluding hydrogens is 420 g/mol. The Morgan fingerprint density at radius 1 is 0.875 bits per heavy atom. The van der Waals surface area contributed by atoms with Crippen molar-refractivity contribution in [2.24, 2.45) is 11.7 Å². The summed E-state index contributed by atoms with van der Waals surface area (Å²) in [5, 5.41) is 35.7. The van der Waals surface area contributed by atoms with E-state index in [0.717, 1.165) is 0 Å². The van der Waals surface area contributed by atoms with E-state index < -0.39 is 54.0 Å². The molecule has 32 heavy (non-hydrogen) atoms. The first-order valence-electron chi connectivity index (χ1n) is 10.2. The number of phenolic OH excluding ortho intramolecular Hbond substituents is 1. The van der Waals surface area contributed by atoms with E-state index in [1.165, 1.54) is 26.0 Å². The van der Waals surface area contributed by atoms with E-state index in [1.807, 2.05) is 0 Å². The van der Waals surface area contributed by atoms with E-state index in [9.17, 15) is 34.5 Å². The molecular formula is C21H32N4O7. The van der Waals surface area contributed by atoms with E-state index >= 15 is 0 Å². The molecule has 11 nitrogen and oxygen atoms in total. The number of aliphatic hydroxyl groups excluding tert-OH is 1. The summed E-state index contributed by atoms with van der Waals surface area (Å²) in [6.45, 7) is 6.09. The Morgan fingerprint density at radius 3 is 1.84 bits per heavy atom. The number of carbonyl (C=O) groups is 4. The van der Waals surface area contributed by atoms with Crippen molar-refractivity contribution in [3.63, 3.8) is 0 Å². The van der Waals surface area contributed by atoms with Gasteiger partial charge in [0.15, 0.2) is 6.04 Å². The van der Waals surface area contributed by atoms with Gasteiger partial charge in [-0.2, -0.15) is 0 Å². The number of nitrogens with two attached hydrogens (primary N) is 1. The van der Waals surface area contributed by atoms with E-state index in [0.29, 0.717) is 5.56 Å². The number of aliphatic carboxylic acids is 1. The third kappa shape index (κ3) is 8.16. The number of hydrogen-bond donors (Lipinski definition) is 7. The Labute approximate surface area is 186 Å². The van der Waals surface area contributed by atoms with Crippen LogP contribution in [-0.2, 0) is 25.6 Å². The lowest BCUT2D eigenvalue weighted by atomic mass is 10.00. The number of rotatable bonds is 11. The molecule has 3 amide bonds. The molecule has 5 atom stereocenters. The molecule has 0 fully saturated rings. The molecule has 0 aliphatic carbocycles. The van der Waals surface area contributed by atoms with Gasteiger partial charge in [-0.25, -0.2) is 4.79 Å². The van der Waals surface area contributed by atoms with Gasteiger partial charge < -0.3 is 37.0 Å². The molecule has 0 aliphatic heterocycles. The lowest BCUT2D eigenvalue weighted by molar-refractivity contribution is -0.145. The van der Waals surface area contributed by atoms with Gasteiger partial charge in [-0.3, -0.25) is 14.4 Å². The fourth-order valence-electron chi connectivity index (χ4n) is 2.80. The second kappa shape index (κ2) is 12.0. The van der Waals surface area contributed by atoms with E-state index in [-0.39, 0.29) is 18.1 Å². The number of carboxylic acid groups (broad SMARTS) is 1. The minimum atomic E-state index is -1.58. The first-order chi connectivity index (χ1) is 14.8. The van der Waals surface area contributed by atoms with Crippen LogP contribution in [0.25, 0.3) is 0 Å². The molecule has 0 radical (unpaired) electrons. The number of phenols is 1. The van der Waals surface area contributed by atoms with Crippen LogP contribution < -0.4 is 21.7 Å². The summed E-state index contributed by atoms with van der Waals surface area (Å²) in [5.74, 6) is -3.79. The number of hydrogen-bond acceptors (Lipinski definition) is 7. The molecule has 0 saturated heterocycles. The van der Waals surface area contributed by atoms with Crippen LogP contribution in [0.2, 0.25) is 0 Å². The minimum absolute atomic E-state index is 0.0114.